The molecule has 0 saturated carbocycles. The maximum atomic E-state index is 10.4. The van der Waals surface area contributed by atoms with Gasteiger partial charge in [0.25, 0.3) is 0 Å². The molecular weight excluding hydrogens is 320 g/mol. The number of aliphatic carboxylic acids is 1. The van der Waals surface area contributed by atoms with Gasteiger partial charge in [0.2, 0.25) is 0 Å². The maximum absolute atomic E-state index is 10.4. The lowest BCUT2D eigenvalue weighted by Gasteiger charge is -2.04. The van der Waals surface area contributed by atoms with Gasteiger partial charge in [-0.2, -0.15) is 5.10 Å². The number of benzene rings is 1. The standard InChI is InChI=1S/C12H8BrClN2O2/c13-9-6-15-16(7-9)10-3-1-8(11(14)5-10)2-4-12(17)18/h1-7H,(H,17,18)/b4-2+. The van der Waals surface area contributed by atoms with E-state index < -0.39 is 5.97 Å². The van der Waals surface area contributed by atoms with Crippen LogP contribution < -0.4 is 0 Å². The average molecular weight is 328 g/mol. The SMILES string of the molecule is O=C(O)/C=C/c1ccc(-n2cc(Br)cn2)cc1Cl. The summed E-state index contributed by atoms with van der Waals surface area (Å²) in [6, 6.07) is 5.28. The Bertz CT molecular complexity index is 622. The van der Waals surface area contributed by atoms with E-state index in [9.17, 15) is 4.79 Å². The number of carboxylic acid groups (broad SMARTS) is 1. The first-order valence-electron chi connectivity index (χ1n) is 4.97. The molecule has 1 heterocycles. The topological polar surface area (TPSA) is 55.1 Å². The molecule has 0 fully saturated rings. The third-order valence-corrected chi connectivity index (χ3v) is 2.94. The average Bonchev–Trinajstić information content (AvgIpc) is 2.74. The van der Waals surface area contributed by atoms with Crippen molar-refractivity contribution in [1.29, 1.82) is 0 Å². The first-order valence-corrected chi connectivity index (χ1v) is 6.14. The van der Waals surface area contributed by atoms with Crippen molar-refractivity contribution >= 4 is 39.6 Å². The van der Waals surface area contributed by atoms with Crippen LogP contribution in [0.15, 0.2) is 41.1 Å². The molecule has 0 spiro atoms. The van der Waals surface area contributed by atoms with Crippen LogP contribution in [-0.4, -0.2) is 20.9 Å². The van der Waals surface area contributed by atoms with Crippen LogP contribution >= 0.6 is 27.5 Å². The van der Waals surface area contributed by atoms with Gasteiger partial charge in [0.15, 0.2) is 0 Å². The number of hydrogen-bond acceptors (Lipinski definition) is 2. The van der Waals surface area contributed by atoms with Gasteiger partial charge in [-0.15, -0.1) is 0 Å². The predicted octanol–water partition coefficient (Wildman–Crippen LogP) is 3.39. The Hall–Kier alpha value is -1.59. The lowest BCUT2D eigenvalue weighted by atomic mass is 10.2. The second kappa shape index (κ2) is 5.37. The second-order valence-electron chi connectivity index (χ2n) is 3.48. The number of hydrogen-bond donors (Lipinski definition) is 1. The fourth-order valence-electron chi connectivity index (χ4n) is 1.40. The molecule has 4 nitrogen and oxygen atoms in total. The summed E-state index contributed by atoms with van der Waals surface area (Å²) in [7, 11) is 0. The van der Waals surface area contributed by atoms with E-state index in [0.29, 0.717) is 10.6 Å². The van der Waals surface area contributed by atoms with Crippen molar-refractivity contribution < 1.29 is 9.90 Å². The van der Waals surface area contributed by atoms with E-state index >= 15 is 0 Å². The molecule has 0 aliphatic heterocycles. The van der Waals surface area contributed by atoms with Crippen LogP contribution in [0.1, 0.15) is 5.56 Å². The highest BCUT2D eigenvalue weighted by atomic mass is 79.9. The molecule has 92 valence electrons. The van der Waals surface area contributed by atoms with Gasteiger partial charge in [-0.1, -0.05) is 17.7 Å². The van der Waals surface area contributed by atoms with Gasteiger partial charge in [0, 0.05) is 17.3 Å². The lowest BCUT2D eigenvalue weighted by molar-refractivity contribution is -0.131. The van der Waals surface area contributed by atoms with Gasteiger partial charge >= 0.3 is 5.97 Å². The minimum Gasteiger partial charge on any atom is -0.478 e. The van der Waals surface area contributed by atoms with Crippen LogP contribution in [0.3, 0.4) is 0 Å². The summed E-state index contributed by atoms with van der Waals surface area (Å²) in [6.45, 7) is 0. The van der Waals surface area contributed by atoms with Gasteiger partial charge in [-0.3, -0.25) is 0 Å². The molecular formula is C12H8BrClN2O2. The molecule has 1 aromatic heterocycles. The van der Waals surface area contributed by atoms with Gasteiger partial charge < -0.3 is 5.11 Å². The smallest absolute Gasteiger partial charge is 0.328 e. The van der Waals surface area contributed by atoms with Crippen molar-refractivity contribution in [2.75, 3.05) is 0 Å². The first-order chi connectivity index (χ1) is 8.56. The predicted molar refractivity (Wildman–Crippen MR) is 72.9 cm³/mol. The molecule has 0 bridgehead atoms. The summed E-state index contributed by atoms with van der Waals surface area (Å²) in [5.74, 6) is -1.01. The normalized spacial score (nSPS) is 11.0. The van der Waals surface area contributed by atoms with E-state index in [1.165, 1.54) is 6.08 Å². The number of carboxylic acids is 1. The first kappa shape index (κ1) is 12.9. The van der Waals surface area contributed by atoms with Crippen LogP contribution in [0.25, 0.3) is 11.8 Å². The quantitative estimate of drug-likeness (QED) is 0.879. The molecule has 6 heteroatoms. The summed E-state index contributed by atoms with van der Waals surface area (Å²) in [5.41, 5.74) is 1.45. The van der Waals surface area contributed by atoms with Crippen molar-refractivity contribution in [3.8, 4) is 5.69 Å². The molecule has 18 heavy (non-hydrogen) atoms. The monoisotopic (exact) mass is 326 g/mol. The molecule has 0 radical (unpaired) electrons. The molecule has 0 atom stereocenters. The van der Waals surface area contributed by atoms with Crippen molar-refractivity contribution in [2.24, 2.45) is 0 Å². The largest absolute Gasteiger partial charge is 0.478 e. The Balaban J connectivity index is 2.33. The van der Waals surface area contributed by atoms with Crippen LogP contribution in [0, 0.1) is 0 Å². The zero-order chi connectivity index (χ0) is 13.1. The molecule has 1 aromatic carbocycles. The number of carbonyl (C=O) groups is 1. The van der Waals surface area contributed by atoms with E-state index in [4.69, 9.17) is 16.7 Å². The third kappa shape index (κ3) is 3.00. The molecule has 2 rings (SSSR count). The number of nitrogens with zero attached hydrogens (tertiary/aromatic N) is 2. The number of halogens is 2. The van der Waals surface area contributed by atoms with Crippen molar-refractivity contribution in [1.82, 2.24) is 9.78 Å². The van der Waals surface area contributed by atoms with Crippen molar-refractivity contribution in [3.63, 3.8) is 0 Å². The van der Waals surface area contributed by atoms with Gasteiger partial charge in [0.1, 0.15) is 0 Å². The third-order valence-electron chi connectivity index (χ3n) is 2.21. The minimum atomic E-state index is -1.01. The van der Waals surface area contributed by atoms with Crippen LogP contribution in [0.2, 0.25) is 5.02 Å². The van der Waals surface area contributed by atoms with E-state index in [1.807, 2.05) is 6.07 Å². The van der Waals surface area contributed by atoms with Gasteiger partial charge in [-0.05, 0) is 39.7 Å². The van der Waals surface area contributed by atoms with Crippen LogP contribution in [0.5, 0.6) is 0 Å². The Morgan fingerprint density at radius 2 is 2.28 bits per heavy atom. The van der Waals surface area contributed by atoms with Crippen LogP contribution in [0.4, 0.5) is 0 Å². The second-order valence-corrected chi connectivity index (χ2v) is 4.80. The summed E-state index contributed by atoms with van der Waals surface area (Å²) in [5, 5.41) is 13.2. The fourth-order valence-corrected chi connectivity index (χ4v) is 1.92. The van der Waals surface area contributed by atoms with Crippen LogP contribution in [-0.2, 0) is 4.79 Å². The maximum Gasteiger partial charge on any atom is 0.328 e. The van der Waals surface area contributed by atoms with Gasteiger partial charge in [0.05, 0.1) is 16.4 Å². The van der Waals surface area contributed by atoms with E-state index in [2.05, 4.69) is 21.0 Å². The van der Waals surface area contributed by atoms with E-state index in [0.717, 1.165) is 16.2 Å². The van der Waals surface area contributed by atoms with E-state index in [-0.39, 0.29) is 0 Å². The Morgan fingerprint density at radius 1 is 1.50 bits per heavy atom. The van der Waals surface area contributed by atoms with E-state index in [1.54, 1.807) is 29.2 Å². The highest BCUT2D eigenvalue weighted by molar-refractivity contribution is 9.10. The highest BCUT2D eigenvalue weighted by Crippen LogP contribution is 2.22. The molecule has 0 amide bonds. The molecule has 0 aliphatic carbocycles. The summed E-state index contributed by atoms with van der Waals surface area (Å²) >= 11 is 9.38. The molecule has 2 aromatic rings. The van der Waals surface area contributed by atoms with Crippen molar-refractivity contribution in [3.05, 3.63) is 51.7 Å². The van der Waals surface area contributed by atoms with Gasteiger partial charge in [-0.25, -0.2) is 9.48 Å². The molecule has 1 N–H and O–H groups in total. The zero-order valence-electron chi connectivity index (χ0n) is 9.05. The molecule has 0 aliphatic rings. The Kier molecular flexibility index (Phi) is 3.84. The summed E-state index contributed by atoms with van der Waals surface area (Å²) in [6.07, 6.45) is 5.98. The molecule has 0 unspecified atom stereocenters. The number of rotatable bonds is 3. The number of aromatic nitrogens is 2. The highest BCUT2D eigenvalue weighted by Gasteiger charge is 2.03. The minimum absolute atomic E-state index is 0.469. The Morgan fingerprint density at radius 3 is 2.83 bits per heavy atom. The summed E-state index contributed by atoms with van der Waals surface area (Å²) in [4.78, 5) is 10.4. The fraction of sp³-hybridized carbons (Fsp3) is 0. The zero-order valence-corrected chi connectivity index (χ0v) is 11.4. The summed E-state index contributed by atoms with van der Waals surface area (Å²) < 4.78 is 2.54. The Labute approximate surface area is 117 Å². The van der Waals surface area contributed by atoms with Crippen molar-refractivity contribution in [2.45, 2.75) is 0 Å². The molecule has 0 saturated heterocycles. The lowest BCUT2D eigenvalue weighted by Crippen LogP contribution is -1.94.